The zero-order valence-electron chi connectivity index (χ0n) is 9.75. The van der Waals surface area contributed by atoms with Crippen LogP contribution in [0.3, 0.4) is 0 Å². The van der Waals surface area contributed by atoms with Crippen molar-refractivity contribution in [1.29, 1.82) is 0 Å². The summed E-state index contributed by atoms with van der Waals surface area (Å²) in [5.41, 5.74) is 1.38. The van der Waals surface area contributed by atoms with Gasteiger partial charge >= 0.3 is 11.9 Å². The summed E-state index contributed by atoms with van der Waals surface area (Å²) < 4.78 is 4.61. The second-order valence-electron chi connectivity index (χ2n) is 3.57. The Hall–Kier alpha value is -2.43. The molecule has 1 aromatic rings. The number of aliphatic carboxylic acids is 1. The number of Topliss-reactive ketones (excluding diaryl/α,β-unsaturated/α-hetero) is 1. The van der Waals surface area contributed by atoms with Gasteiger partial charge in [0.25, 0.3) is 0 Å². The maximum Gasteiger partial charge on any atom is 0.331 e. The van der Waals surface area contributed by atoms with Gasteiger partial charge in [-0.3, -0.25) is 4.79 Å². The Morgan fingerprint density at radius 2 is 2.00 bits per heavy atom. The van der Waals surface area contributed by atoms with Crippen LogP contribution < -0.4 is 0 Å². The number of carbonyl (C=O) groups is 3. The van der Waals surface area contributed by atoms with E-state index in [1.54, 1.807) is 18.2 Å². The Kier molecular flexibility index (Phi) is 4.80. The van der Waals surface area contributed by atoms with Crippen molar-refractivity contribution in [2.45, 2.75) is 6.92 Å². The average Bonchev–Trinajstić information content (AvgIpc) is 2.33. The minimum Gasteiger partial charge on any atom is -0.478 e. The first kappa shape index (κ1) is 13.6. The van der Waals surface area contributed by atoms with Gasteiger partial charge in [-0.1, -0.05) is 23.8 Å². The van der Waals surface area contributed by atoms with Crippen LogP contribution in [0.25, 0.3) is 0 Å². The number of ketones is 1. The van der Waals surface area contributed by atoms with Gasteiger partial charge in [0.1, 0.15) is 0 Å². The molecule has 0 heterocycles. The summed E-state index contributed by atoms with van der Waals surface area (Å²) in [5.74, 6) is -2.45. The Morgan fingerprint density at radius 3 is 2.61 bits per heavy atom. The summed E-state index contributed by atoms with van der Waals surface area (Å²) >= 11 is 0. The van der Waals surface area contributed by atoms with Crippen molar-refractivity contribution in [2.75, 3.05) is 6.61 Å². The van der Waals surface area contributed by atoms with Crippen molar-refractivity contribution in [1.82, 2.24) is 0 Å². The van der Waals surface area contributed by atoms with E-state index < -0.39 is 18.5 Å². The van der Waals surface area contributed by atoms with Gasteiger partial charge in [-0.2, -0.15) is 0 Å². The predicted octanol–water partition coefficient (Wildman–Crippen LogP) is 1.36. The van der Waals surface area contributed by atoms with E-state index >= 15 is 0 Å². The second kappa shape index (κ2) is 6.34. The molecule has 0 aliphatic carbocycles. The third kappa shape index (κ3) is 4.61. The number of benzene rings is 1. The topological polar surface area (TPSA) is 80.7 Å². The van der Waals surface area contributed by atoms with E-state index in [4.69, 9.17) is 5.11 Å². The summed E-state index contributed by atoms with van der Waals surface area (Å²) in [5, 5.41) is 8.29. The summed E-state index contributed by atoms with van der Waals surface area (Å²) in [6.45, 7) is 1.44. The molecule has 94 valence electrons. The Morgan fingerprint density at radius 1 is 1.28 bits per heavy atom. The monoisotopic (exact) mass is 248 g/mol. The lowest BCUT2D eigenvalue weighted by molar-refractivity contribution is -0.137. The van der Waals surface area contributed by atoms with Crippen molar-refractivity contribution < 1.29 is 24.2 Å². The van der Waals surface area contributed by atoms with Gasteiger partial charge in [-0.25, -0.2) is 9.59 Å². The fourth-order valence-electron chi connectivity index (χ4n) is 1.23. The molecule has 0 saturated carbocycles. The molecule has 1 aromatic carbocycles. The minimum atomic E-state index is -1.25. The number of ether oxygens (including phenoxy) is 1. The second-order valence-corrected chi connectivity index (χ2v) is 3.57. The number of carboxylic acid groups (broad SMARTS) is 1. The molecule has 1 rings (SSSR count). The lowest BCUT2D eigenvalue weighted by Gasteiger charge is -2.02. The van der Waals surface area contributed by atoms with E-state index in [0.717, 1.165) is 11.6 Å². The maximum absolute atomic E-state index is 11.6. The van der Waals surface area contributed by atoms with Gasteiger partial charge in [0.05, 0.1) is 0 Å². The van der Waals surface area contributed by atoms with Crippen molar-refractivity contribution in [3.8, 4) is 0 Å². The van der Waals surface area contributed by atoms with Gasteiger partial charge in [0.2, 0.25) is 0 Å². The molecule has 0 aromatic heterocycles. The van der Waals surface area contributed by atoms with E-state index in [1.807, 2.05) is 13.0 Å². The first-order chi connectivity index (χ1) is 8.49. The number of carboxylic acids is 1. The van der Waals surface area contributed by atoms with E-state index in [1.165, 1.54) is 0 Å². The van der Waals surface area contributed by atoms with Gasteiger partial charge in [0.15, 0.2) is 12.4 Å². The zero-order chi connectivity index (χ0) is 13.5. The molecule has 0 amide bonds. The molecule has 0 saturated heterocycles. The summed E-state index contributed by atoms with van der Waals surface area (Å²) in [6, 6.07) is 6.88. The van der Waals surface area contributed by atoms with Crippen LogP contribution in [-0.2, 0) is 14.3 Å². The molecular formula is C13H12O5. The van der Waals surface area contributed by atoms with Gasteiger partial charge in [-0.05, 0) is 13.0 Å². The third-order valence-corrected chi connectivity index (χ3v) is 2.05. The SMILES string of the molecule is Cc1cccc(C(=O)COC(=O)/C=C/C(=O)O)c1. The molecule has 0 unspecified atom stereocenters. The molecule has 0 aliphatic heterocycles. The quantitative estimate of drug-likeness (QED) is 0.483. The molecule has 18 heavy (non-hydrogen) atoms. The molecule has 1 N–H and O–H groups in total. The third-order valence-electron chi connectivity index (χ3n) is 2.05. The van der Waals surface area contributed by atoms with Gasteiger partial charge in [-0.15, -0.1) is 0 Å². The Balaban J connectivity index is 2.52. The predicted molar refractivity (Wildman–Crippen MR) is 63.2 cm³/mol. The van der Waals surface area contributed by atoms with E-state index in [2.05, 4.69) is 4.74 Å². The molecule has 5 heteroatoms. The highest BCUT2D eigenvalue weighted by atomic mass is 16.5. The first-order valence-electron chi connectivity index (χ1n) is 5.16. The van der Waals surface area contributed by atoms with Crippen LogP contribution in [-0.4, -0.2) is 29.4 Å². The zero-order valence-corrected chi connectivity index (χ0v) is 9.75. The van der Waals surface area contributed by atoms with Crippen LogP contribution in [0, 0.1) is 6.92 Å². The fourth-order valence-corrected chi connectivity index (χ4v) is 1.23. The van der Waals surface area contributed by atoms with Crippen molar-refractivity contribution >= 4 is 17.7 Å². The van der Waals surface area contributed by atoms with Crippen LogP contribution in [0.2, 0.25) is 0 Å². The Bertz CT molecular complexity index is 502. The number of rotatable bonds is 5. The largest absolute Gasteiger partial charge is 0.478 e. The normalized spacial score (nSPS) is 10.3. The van der Waals surface area contributed by atoms with Crippen molar-refractivity contribution in [3.63, 3.8) is 0 Å². The maximum atomic E-state index is 11.6. The van der Waals surface area contributed by atoms with Crippen LogP contribution in [0.4, 0.5) is 0 Å². The van der Waals surface area contributed by atoms with Crippen molar-refractivity contribution in [2.24, 2.45) is 0 Å². The fraction of sp³-hybridized carbons (Fsp3) is 0.154. The van der Waals surface area contributed by atoms with Gasteiger partial charge < -0.3 is 9.84 Å². The molecule has 0 spiro atoms. The van der Waals surface area contributed by atoms with Crippen molar-refractivity contribution in [3.05, 3.63) is 47.5 Å². The smallest absolute Gasteiger partial charge is 0.331 e. The standard InChI is InChI=1S/C13H12O5/c1-9-3-2-4-10(7-9)11(14)8-18-13(17)6-5-12(15)16/h2-7H,8H2,1H3,(H,15,16)/b6-5+. The van der Waals surface area contributed by atoms with Crippen LogP contribution >= 0.6 is 0 Å². The number of carbonyl (C=O) groups excluding carboxylic acids is 2. The van der Waals surface area contributed by atoms with Crippen LogP contribution in [0.1, 0.15) is 15.9 Å². The molecule has 5 nitrogen and oxygen atoms in total. The highest BCUT2D eigenvalue weighted by Crippen LogP contribution is 2.05. The minimum absolute atomic E-state index is 0.337. The highest BCUT2D eigenvalue weighted by Gasteiger charge is 2.08. The summed E-state index contributed by atoms with van der Waals surface area (Å²) in [7, 11) is 0. The van der Waals surface area contributed by atoms with Gasteiger partial charge in [0, 0.05) is 17.7 Å². The molecule has 0 atom stereocenters. The first-order valence-corrected chi connectivity index (χ1v) is 5.16. The van der Waals surface area contributed by atoms with Crippen LogP contribution in [0.5, 0.6) is 0 Å². The van der Waals surface area contributed by atoms with E-state index in [0.29, 0.717) is 11.6 Å². The summed E-state index contributed by atoms with van der Waals surface area (Å²) in [6.07, 6.45) is 1.41. The Labute approximate surface area is 104 Å². The van der Waals surface area contributed by atoms with E-state index in [-0.39, 0.29) is 5.78 Å². The molecule has 0 aliphatic rings. The molecular weight excluding hydrogens is 236 g/mol. The molecule has 0 fully saturated rings. The number of hydrogen-bond acceptors (Lipinski definition) is 4. The molecule has 0 bridgehead atoms. The summed E-state index contributed by atoms with van der Waals surface area (Å²) in [4.78, 5) is 32.8. The molecule has 0 radical (unpaired) electrons. The average molecular weight is 248 g/mol. The number of hydrogen-bond donors (Lipinski definition) is 1. The lowest BCUT2D eigenvalue weighted by Crippen LogP contribution is -2.12. The highest BCUT2D eigenvalue weighted by molar-refractivity contribution is 5.99. The lowest BCUT2D eigenvalue weighted by atomic mass is 10.1. The number of aryl methyl sites for hydroxylation is 1. The van der Waals surface area contributed by atoms with Crippen LogP contribution in [0.15, 0.2) is 36.4 Å². The number of esters is 1. The van der Waals surface area contributed by atoms with E-state index in [9.17, 15) is 14.4 Å².